The van der Waals surface area contributed by atoms with Crippen molar-refractivity contribution in [2.45, 2.75) is 39.2 Å². The van der Waals surface area contributed by atoms with Gasteiger partial charge in [0.25, 0.3) is 0 Å². The van der Waals surface area contributed by atoms with Gasteiger partial charge in [0, 0.05) is 7.11 Å². The van der Waals surface area contributed by atoms with Gasteiger partial charge in [-0.2, -0.15) is 0 Å². The molecule has 0 saturated carbocycles. The second-order valence-electron chi connectivity index (χ2n) is 3.34. The Labute approximate surface area is 81.0 Å². The molecule has 0 aromatic rings. The largest absolute Gasteiger partial charge is 0.381 e. The first kappa shape index (κ1) is 12.4. The molecule has 0 aromatic heterocycles. The topological polar surface area (TPSA) is 26.3 Å². The van der Waals surface area contributed by atoms with Crippen LogP contribution in [0.5, 0.6) is 0 Å². The van der Waals surface area contributed by atoms with E-state index in [9.17, 15) is 4.79 Å². The van der Waals surface area contributed by atoms with Crippen LogP contribution >= 0.6 is 0 Å². The third-order valence-corrected chi connectivity index (χ3v) is 2.26. The monoisotopic (exact) mass is 184 g/mol. The van der Waals surface area contributed by atoms with Crippen LogP contribution in [0.3, 0.4) is 0 Å². The molecule has 0 N–H and O–H groups in total. The molecule has 2 nitrogen and oxygen atoms in total. The zero-order valence-corrected chi connectivity index (χ0v) is 8.82. The molecular weight excluding hydrogens is 164 g/mol. The molecule has 0 radical (unpaired) electrons. The molecule has 0 heterocycles. The molecule has 0 aromatic carbocycles. The number of hydrogen-bond donors (Lipinski definition) is 0. The molecule has 13 heavy (non-hydrogen) atoms. The van der Waals surface area contributed by atoms with Crippen LogP contribution in [0.15, 0.2) is 12.2 Å². The highest BCUT2D eigenvalue weighted by atomic mass is 16.5. The summed E-state index contributed by atoms with van der Waals surface area (Å²) >= 11 is 0. The summed E-state index contributed by atoms with van der Waals surface area (Å²) in [7, 11) is 1.73. The van der Waals surface area contributed by atoms with E-state index < -0.39 is 0 Å². The SMILES string of the molecule is CCCC(C)C(C/C=C/C=O)OC. The lowest BCUT2D eigenvalue weighted by Gasteiger charge is -2.20. The first-order valence-corrected chi connectivity index (χ1v) is 4.89. The summed E-state index contributed by atoms with van der Waals surface area (Å²) in [5.74, 6) is 0.561. The second kappa shape index (κ2) is 7.99. The van der Waals surface area contributed by atoms with Crippen molar-refractivity contribution in [3.63, 3.8) is 0 Å². The van der Waals surface area contributed by atoms with Gasteiger partial charge >= 0.3 is 0 Å². The van der Waals surface area contributed by atoms with E-state index in [1.54, 1.807) is 7.11 Å². The number of methoxy groups -OCH3 is 1. The Morgan fingerprint density at radius 1 is 1.46 bits per heavy atom. The fourth-order valence-corrected chi connectivity index (χ4v) is 1.47. The number of carbonyl (C=O) groups is 1. The van der Waals surface area contributed by atoms with Crippen molar-refractivity contribution < 1.29 is 9.53 Å². The number of aldehydes is 1. The van der Waals surface area contributed by atoms with Gasteiger partial charge in [0.2, 0.25) is 0 Å². The Balaban J connectivity index is 3.85. The van der Waals surface area contributed by atoms with Crippen molar-refractivity contribution in [2.24, 2.45) is 5.92 Å². The average molecular weight is 184 g/mol. The van der Waals surface area contributed by atoms with E-state index in [1.165, 1.54) is 18.9 Å². The van der Waals surface area contributed by atoms with Crippen LogP contribution in [-0.2, 0) is 9.53 Å². The highest BCUT2D eigenvalue weighted by Gasteiger charge is 2.13. The van der Waals surface area contributed by atoms with Crippen LogP contribution in [0.1, 0.15) is 33.1 Å². The van der Waals surface area contributed by atoms with Gasteiger partial charge in [-0.15, -0.1) is 0 Å². The van der Waals surface area contributed by atoms with Crippen molar-refractivity contribution in [3.05, 3.63) is 12.2 Å². The summed E-state index contributed by atoms with van der Waals surface area (Å²) in [6.07, 6.45) is 7.63. The summed E-state index contributed by atoms with van der Waals surface area (Å²) < 4.78 is 5.34. The van der Waals surface area contributed by atoms with Crippen LogP contribution in [-0.4, -0.2) is 19.5 Å². The molecule has 0 bridgehead atoms. The maximum absolute atomic E-state index is 10.0. The van der Waals surface area contributed by atoms with Gasteiger partial charge in [-0.05, 0) is 24.8 Å². The maximum Gasteiger partial charge on any atom is 0.142 e. The Hall–Kier alpha value is -0.630. The fraction of sp³-hybridized carbons (Fsp3) is 0.727. The Morgan fingerprint density at radius 2 is 2.15 bits per heavy atom. The number of carbonyl (C=O) groups excluding carboxylic acids is 1. The van der Waals surface area contributed by atoms with Gasteiger partial charge in [0.1, 0.15) is 6.29 Å². The maximum atomic E-state index is 10.0. The van der Waals surface area contributed by atoms with Gasteiger partial charge in [-0.3, -0.25) is 4.79 Å². The van der Waals surface area contributed by atoms with Crippen molar-refractivity contribution in [3.8, 4) is 0 Å². The van der Waals surface area contributed by atoms with E-state index in [-0.39, 0.29) is 6.10 Å². The van der Waals surface area contributed by atoms with Crippen LogP contribution in [0.2, 0.25) is 0 Å². The van der Waals surface area contributed by atoms with Crippen LogP contribution in [0, 0.1) is 5.92 Å². The zero-order chi connectivity index (χ0) is 10.1. The standard InChI is InChI=1S/C11H20O2/c1-4-7-10(2)11(13-3)8-5-6-9-12/h5-6,9-11H,4,7-8H2,1-3H3/b6-5+. The molecule has 2 atom stereocenters. The Morgan fingerprint density at radius 3 is 2.62 bits per heavy atom. The minimum atomic E-state index is 0.246. The third kappa shape index (κ3) is 5.58. The predicted octanol–water partition coefficient (Wildman–Crippen LogP) is 2.58. The van der Waals surface area contributed by atoms with Crippen molar-refractivity contribution in [2.75, 3.05) is 7.11 Å². The predicted molar refractivity (Wildman–Crippen MR) is 54.7 cm³/mol. The Kier molecular flexibility index (Phi) is 7.60. The summed E-state index contributed by atoms with van der Waals surface area (Å²) in [4.78, 5) is 10.0. The molecule has 76 valence electrons. The van der Waals surface area contributed by atoms with E-state index in [0.29, 0.717) is 5.92 Å². The highest BCUT2D eigenvalue weighted by molar-refractivity contribution is 5.64. The van der Waals surface area contributed by atoms with Crippen molar-refractivity contribution >= 4 is 6.29 Å². The normalized spacial score (nSPS) is 15.9. The van der Waals surface area contributed by atoms with Crippen LogP contribution in [0.25, 0.3) is 0 Å². The first-order chi connectivity index (χ1) is 6.26. The minimum absolute atomic E-state index is 0.246. The molecule has 0 aliphatic rings. The molecule has 2 heteroatoms. The molecule has 0 aliphatic carbocycles. The summed E-state index contributed by atoms with van der Waals surface area (Å²) in [6, 6.07) is 0. The number of rotatable bonds is 7. The van der Waals surface area contributed by atoms with Gasteiger partial charge < -0.3 is 4.74 Å². The van der Waals surface area contributed by atoms with Crippen LogP contribution in [0.4, 0.5) is 0 Å². The van der Waals surface area contributed by atoms with Crippen LogP contribution < -0.4 is 0 Å². The van der Waals surface area contributed by atoms with E-state index in [0.717, 1.165) is 12.7 Å². The van der Waals surface area contributed by atoms with E-state index in [1.807, 2.05) is 6.08 Å². The van der Waals surface area contributed by atoms with Crippen molar-refractivity contribution in [1.82, 2.24) is 0 Å². The smallest absolute Gasteiger partial charge is 0.142 e. The Bertz CT molecular complexity index is 152. The molecule has 2 unspecified atom stereocenters. The van der Waals surface area contributed by atoms with Gasteiger partial charge in [-0.25, -0.2) is 0 Å². The summed E-state index contributed by atoms with van der Waals surface area (Å²) in [5, 5.41) is 0. The first-order valence-electron chi connectivity index (χ1n) is 4.89. The molecule has 0 rings (SSSR count). The second-order valence-corrected chi connectivity index (χ2v) is 3.34. The number of hydrogen-bond acceptors (Lipinski definition) is 2. The third-order valence-electron chi connectivity index (χ3n) is 2.26. The van der Waals surface area contributed by atoms with Crippen molar-refractivity contribution in [1.29, 1.82) is 0 Å². The molecule has 0 aliphatic heterocycles. The molecule has 0 fully saturated rings. The average Bonchev–Trinajstić information content (AvgIpc) is 2.13. The van der Waals surface area contributed by atoms with Gasteiger partial charge in [0.05, 0.1) is 6.10 Å². The molecule has 0 amide bonds. The summed E-state index contributed by atoms with van der Waals surface area (Å²) in [6.45, 7) is 4.36. The quantitative estimate of drug-likeness (QED) is 0.449. The lowest BCUT2D eigenvalue weighted by Crippen LogP contribution is -2.19. The molecule has 0 spiro atoms. The van der Waals surface area contributed by atoms with Gasteiger partial charge in [0.15, 0.2) is 0 Å². The van der Waals surface area contributed by atoms with Gasteiger partial charge in [-0.1, -0.05) is 26.3 Å². The lowest BCUT2D eigenvalue weighted by molar-refractivity contribution is -0.104. The number of ether oxygens (including phenoxy) is 1. The minimum Gasteiger partial charge on any atom is -0.381 e. The van der Waals surface area contributed by atoms with E-state index >= 15 is 0 Å². The number of allylic oxidation sites excluding steroid dienone is 1. The van der Waals surface area contributed by atoms with E-state index in [4.69, 9.17) is 4.74 Å². The molecule has 0 saturated heterocycles. The molecular formula is C11H20O2. The lowest BCUT2D eigenvalue weighted by atomic mass is 9.97. The summed E-state index contributed by atoms with van der Waals surface area (Å²) in [5.41, 5.74) is 0. The zero-order valence-electron chi connectivity index (χ0n) is 8.82. The fourth-order valence-electron chi connectivity index (χ4n) is 1.47. The van der Waals surface area contributed by atoms with E-state index in [2.05, 4.69) is 13.8 Å². The highest BCUT2D eigenvalue weighted by Crippen LogP contribution is 2.16.